The SMILES string of the molecule is CCOc1ccc(C(=O)NC(=S)Nc2ccc(N3C(=O)c4ccccc4C3=O)cc2Cl)cc1[N+](=O)[O-]. The summed E-state index contributed by atoms with van der Waals surface area (Å²) in [4.78, 5) is 49.6. The van der Waals surface area contributed by atoms with Gasteiger partial charge >= 0.3 is 5.69 Å². The molecule has 2 N–H and O–H groups in total. The zero-order valence-electron chi connectivity index (χ0n) is 18.6. The second-order valence-electron chi connectivity index (χ2n) is 7.44. The van der Waals surface area contributed by atoms with Crippen molar-refractivity contribution >= 4 is 63.7 Å². The van der Waals surface area contributed by atoms with E-state index in [0.29, 0.717) is 16.8 Å². The van der Waals surface area contributed by atoms with Gasteiger partial charge in [0, 0.05) is 11.6 Å². The number of nitrogens with zero attached hydrogens (tertiary/aromatic N) is 2. The minimum atomic E-state index is -0.683. The van der Waals surface area contributed by atoms with Crippen molar-refractivity contribution in [2.45, 2.75) is 6.92 Å². The van der Waals surface area contributed by atoms with Crippen molar-refractivity contribution < 1.29 is 24.0 Å². The van der Waals surface area contributed by atoms with Gasteiger partial charge in [0.1, 0.15) is 0 Å². The Labute approximate surface area is 215 Å². The summed E-state index contributed by atoms with van der Waals surface area (Å²) in [7, 11) is 0. The van der Waals surface area contributed by atoms with E-state index in [1.54, 1.807) is 31.2 Å². The van der Waals surface area contributed by atoms with Crippen molar-refractivity contribution in [2.24, 2.45) is 0 Å². The van der Waals surface area contributed by atoms with E-state index < -0.39 is 22.6 Å². The third-order valence-electron chi connectivity index (χ3n) is 5.20. The van der Waals surface area contributed by atoms with Gasteiger partial charge in [0.15, 0.2) is 10.9 Å². The number of nitrogens with one attached hydrogen (secondary N) is 2. The molecule has 0 bridgehead atoms. The first-order valence-corrected chi connectivity index (χ1v) is 11.3. The average Bonchev–Trinajstić information content (AvgIpc) is 3.10. The van der Waals surface area contributed by atoms with Gasteiger partial charge in [0.2, 0.25) is 0 Å². The van der Waals surface area contributed by atoms with Crippen molar-refractivity contribution in [3.8, 4) is 5.75 Å². The number of nitro benzene ring substituents is 1. The van der Waals surface area contributed by atoms with Crippen molar-refractivity contribution in [3.63, 3.8) is 0 Å². The summed E-state index contributed by atoms with van der Waals surface area (Å²) in [5, 5.41) is 16.5. The molecule has 1 aliphatic rings. The fraction of sp³-hybridized carbons (Fsp3) is 0.0833. The quantitative estimate of drug-likeness (QED) is 0.207. The molecule has 4 rings (SSSR count). The predicted molar refractivity (Wildman–Crippen MR) is 137 cm³/mol. The Morgan fingerprint density at radius 2 is 1.75 bits per heavy atom. The summed E-state index contributed by atoms with van der Waals surface area (Å²) in [6.07, 6.45) is 0. The molecule has 0 radical (unpaired) electrons. The second-order valence-corrected chi connectivity index (χ2v) is 8.25. The van der Waals surface area contributed by atoms with Crippen LogP contribution >= 0.6 is 23.8 Å². The zero-order valence-corrected chi connectivity index (χ0v) is 20.2. The highest BCUT2D eigenvalue weighted by Crippen LogP contribution is 2.33. The Hall–Kier alpha value is -4.35. The number of hydrogen-bond acceptors (Lipinski definition) is 7. The molecule has 0 spiro atoms. The van der Waals surface area contributed by atoms with E-state index in [1.807, 2.05) is 0 Å². The number of thiocarbonyl (C=S) groups is 1. The second kappa shape index (κ2) is 10.1. The van der Waals surface area contributed by atoms with E-state index in [-0.39, 0.29) is 39.4 Å². The molecular formula is C24H17ClN4O6S. The molecule has 0 aromatic heterocycles. The summed E-state index contributed by atoms with van der Waals surface area (Å²) in [5.41, 5.74) is 0.837. The monoisotopic (exact) mass is 524 g/mol. The molecule has 3 aromatic carbocycles. The van der Waals surface area contributed by atoms with Crippen LogP contribution in [0.15, 0.2) is 60.7 Å². The standard InChI is InChI=1S/C24H17ClN4O6S/c1-2-35-20-10-7-13(11-19(20)29(33)34)21(30)27-24(36)26-18-9-8-14(12-17(18)25)28-22(31)15-5-3-4-6-16(15)23(28)32/h3-12H,2H2,1H3,(H2,26,27,30,36). The first kappa shape index (κ1) is 24.8. The number of carbonyl (C=O) groups excluding carboxylic acids is 3. The number of benzene rings is 3. The fourth-order valence-corrected chi connectivity index (χ4v) is 4.00. The minimum Gasteiger partial charge on any atom is -0.487 e. The first-order chi connectivity index (χ1) is 17.2. The summed E-state index contributed by atoms with van der Waals surface area (Å²) < 4.78 is 5.21. The summed E-state index contributed by atoms with van der Waals surface area (Å²) in [6, 6.07) is 14.7. The number of anilines is 2. The molecule has 0 saturated heterocycles. The largest absolute Gasteiger partial charge is 0.487 e. The molecule has 36 heavy (non-hydrogen) atoms. The highest BCUT2D eigenvalue weighted by atomic mass is 35.5. The summed E-state index contributed by atoms with van der Waals surface area (Å²) in [6.45, 7) is 1.92. The zero-order chi connectivity index (χ0) is 26.0. The highest BCUT2D eigenvalue weighted by Gasteiger charge is 2.36. The smallest absolute Gasteiger partial charge is 0.311 e. The normalized spacial score (nSPS) is 12.2. The van der Waals surface area contributed by atoms with E-state index in [9.17, 15) is 24.5 Å². The Morgan fingerprint density at radius 3 is 2.33 bits per heavy atom. The Bertz CT molecular complexity index is 1410. The minimum absolute atomic E-state index is 0.00127. The number of hydrogen-bond donors (Lipinski definition) is 2. The Kier molecular flexibility index (Phi) is 6.95. The number of ether oxygens (including phenoxy) is 1. The predicted octanol–water partition coefficient (Wildman–Crippen LogP) is 4.57. The molecule has 0 fully saturated rings. The van der Waals surface area contributed by atoms with Crippen LogP contribution in [0.4, 0.5) is 17.1 Å². The lowest BCUT2D eigenvalue weighted by Crippen LogP contribution is -2.34. The molecule has 182 valence electrons. The number of amides is 3. The van der Waals surface area contributed by atoms with Crippen molar-refractivity contribution in [1.29, 1.82) is 0 Å². The molecule has 0 atom stereocenters. The van der Waals surface area contributed by atoms with Gasteiger partial charge in [-0.25, -0.2) is 4.90 Å². The number of imide groups is 1. The van der Waals surface area contributed by atoms with Crippen LogP contribution in [0.3, 0.4) is 0 Å². The van der Waals surface area contributed by atoms with Gasteiger partial charge in [0.25, 0.3) is 17.7 Å². The Morgan fingerprint density at radius 1 is 1.08 bits per heavy atom. The molecule has 1 aliphatic heterocycles. The number of fused-ring (bicyclic) bond motifs is 1. The van der Waals surface area contributed by atoms with Gasteiger partial charge in [-0.2, -0.15) is 0 Å². The Balaban J connectivity index is 1.46. The first-order valence-electron chi connectivity index (χ1n) is 10.5. The van der Waals surface area contributed by atoms with Gasteiger partial charge in [-0.1, -0.05) is 23.7 Å². The maximum absolute atomic E-state index is 12.7. The number of carbonyl (C=O) groups is 3. The van der Waals surface area contributed by atoms with Gasteiger partial charge in [-0.05, 0) is 61.6 Å². The van der Waals surface area contributed by atoms with Crippen LogP contribution in [0, 0.1) is 10.1 Å². The molecule has 0 unspecified atom stereocenters. The van der Waals surface area contributed by atoms with Crippen molar-refractivity contribution in [2.75, 3.05) is 16.8 Å². The van der Waals surface area contributed by atoms with Crippen LogP contribution in [0.5, 0.6) is 5.75 Å². The van der Waals surface area contributed by atoms with E-state index in [2.05, 4.69) is 10.6 Å². The van der Waals surface area contributed by atoms with Crippen LogP contribution in [-0.2, 0) is 0 Å². The molecule has 10 nitrogen and oxygen atoms in total. The molecule has 1 heterocycles. The maximum atomic E-state index is 12.7. The lowest BCUT2D eigenvalue weighted by molar-refractivity contribution is -0.385. The topological polar surface area (TPSA) is 131 Å². The average molecular weight is 525 g/mol. The number of rotatable bonds is 6. The lowest BCUT2D eigenvalue weighted by atomic mass is 10.1. The lowest BCUT2D eigenvalue weighted by Gasteiger charge is -2.16. The van der Waals surface area contributed by atoms with Gasteiger partial charge in [0.05, 0.1) is 39.1 Å². The number of halogens is 1. The molecular weight excluding hydrogens is 508 g/mol. The fourth-order valence-electron chi connectivity index (χ4n) is 3.58. The van der Waals surface area contributed by atoms with Crippen molar-refractivity contribution in [3.05, 3.63) is 92.5 Å². The molecule has 0 saturated carbocycles. The van der Waals surface area contributed by atoms with E-state index in [0.717, 1.165) is 11.0 Å². The van der Waals surface area contributed by atoms with E-state index in [1.165, 1.54) is 30.3 Å². The van der Waals surface area contributed by atoms with Gasteiger partial charge < -0.3 is 10.1 Å². The van der Waals surface area contributed by atoms with Crippen LogP contribution in [-0.4, -0.2) is 34.4 Å². The van der Waals surface area contributed by atoms with Gasteiger partial charge in [-0.15, -0.1) is 0 Å². The third-order valence-corrected chi connectivity index (χ3v) is 5.71. The molecule has 0 aliphatic carbocycles. The highest BCUT2D eigenvalue weighted by molar-refractivity contribution is 7.80. The molecule has 12 heteroatoms. The molecule has 3 aromatic rings. The summed E-state index contributed by atoms with van der Waals surface area (Å²) >= 11 is 11.5. The van der Waals surface area contributed by atoms with Gasteiger partial charge in [-0.3, -0.25) is 29.8 Å². The number of nitro groups is 1. The maximum Gasteiger partial charge on any atom is 0.311 e. The van der Waals surface area contributed by atoms with Crippen LogP contribution in [0.2, 0.25) is 5.02 Å². The van der Waals surface area contributed by atoms with E-state index in [4.69, 9.17) is 28.6 Å². The van der Waals surface area contributed by atoms with Crippen molar-refractivity contribution in [1.82, 2.24) is 5.32 Å². The third kappa shape index (κ3) is 4.74. The molecule has 3 amide bonds. The van der Waals surface area contributed by atoms with E-state index >= 15 is 0 Å². The summed E-state index contributed by atoms with van der Waals surface area (Å²) in [5.74, 6) is -1.55. The van der Waals surface area contributed by atoms with Crippen LogP contribution < -0.4 is 20.3 Å². The van der Waals surface area contributed by atoms with Crippen LogP contribution in [0.25, 0.3) is 0 Å². The van der Waals surface area contributed by atoms with Crippen LogP contribution in [0.1, 0.15) is 38.0 Å².